The second-order valence-corrected chi connectivity index (χ2v) is 7.50. The van der Waals surface area contributed by atoms with E-state index in [9.17, 15) is 9.59 Å². The Labute approximate surface area is 155 Å². The lowest BCUT2D eigenvalue weighted by atomic mass is 9.92. The Morgan fingerprint density at radius 3 is 2.73 bits per heavy atom. The molecule has 5 nitrogen and oxygen atoms in total. The molecule has 1 aliphatic rings. The van der Waals surface area contributed by atoms with E-state index >= 15 is 0 Å². The normalized spacial score (nSPS) is 13.2. The summed E-state index contributed by atoms with van der Waals surface area (Å²) < 4.78 is 1.71. The molecule has 2 heterocycles. The number of anilines is 1. The Morgan fingerprint density at radius 2 is 1.96 bits per heavy atom. The van der Waals surface area contributed by atoms with Crippen molar-refractivity contribution in [1.82, 2.24) is 9.55 Å². The molecule has 0 aliphatic heterocycles. The molecule has 0 atom stereocenters. The third-order valence-electron chi connectivity index (χ3n) is 4.57. The summed E-state index contributed by atoms with van der Waals surface area (Å²) in [4.78, 5) is 30.8. The zero-order chi connectivity index (χ0) is 17.9. The van der Waals surface area contributed by atoms with Gasteiger partial charge in [-0.3, -0.25) is 9.59 Å². The number of nitrogens with one attached hydrogen (secondary N) is 1. The SMILES string of the molecule is O=C(Cn1ccnc1)Nc1sc2c(c1C(=O)c1ccccc1)CCCC2. The van der Waals surface area contributed by atoms with Gasteiger partial charge >= 0.3 is 0 Å². The van der Waals surface area contributed by atoms with Crippen LogP contribution in [0.3, 0.4) is 0 Å². The van der Waals surface area contributed by atoms with Gasteiger partial charge in [-0.15, -0.1) is 11.3 Å². The van der Waals surface area contributed by atoms with Crippen molar-refractivity contribution in [1.29, 1.82) is 0 Å². The van der Waals surface area contributed by atoms with E-state index in [1.54, 1.807) is 34.6 Å². The number of hydrogen-bond acceptors (Lipinski definition) is 4. The van der Waals surface area contributed by atoms with E-state index in [1.165, 1.54) is 4.88 Å². The lowest BCUT2D eigenvalue weighted by Crippen LogP contribution is -2.19. The Kier molecular flexibility index (Phi) is 4.67. The number of carbonyl (C=O) groups excluding carboxylic acids is 2. The average molecular weight is 365 g/mol. The fourth-order valence-electron chi connectivity index (χ4n) is 3.34. The van der Waals surface area contributed by atoms with Crippen LogP contribution in [-0.2, 0) is 24.2 Å². The van der Waals surface area contributed by atoms with Crippen LogP contribution in [0.4, 0.5) is 5.00 Å². The van der Waals surface area contributed by atoms with E-state index < -0.39 is 0 Å². The number of aryl methyl sites for hydroxylation is 1. The van der Waals surface area contributed by atoms with Gasteiger partial charge in [0.1, 0.15) is 11.5 Å². The third-order valence-corrected chi connectivity index (χ3v) is 5.78. The number of fused-ring (bicyclic) bond motifs is 1. The van der Waals surface area contributed by atoms with Gasteiger partial charge in [0.15, 0.2) is 5.78 Å². The summed E-state index contributed by atoms with van der Waals surface area (Å²) in [6.07, 6.45) is 9.09. The second-order valence-electron chi connectivity index (χ2n) is 6.39. The first-order valence-electron chi connectivity index (χ1n) is 8.72. The molecule has 0 spiro atoms. The van der Waals surface area contributed by atoms with Gasteiger partial charge in [0.2, 0.25) is 5.91 Å². The van der Waals surface area contributed by atoms with Gasteiger partial charge in [0.25, 0.3) is 0 Å². The molecule has 1 N–H and O–H groups in total. The van der Waals surface area contributed by atoms with Crippen LogP contribution < -0.4 is 5.32 Å². The molecule has 0 saturated carbocycles. The molecule has 132 valence electrons. The van der Waals surface area contributed by atoms with Crippen molar-refractivity contribution in [2.45, 2.75) is 32.2 Å². The molecular weight excluding hydrogens is 346 g/mol. The number of benzene rings is 1. The van der Waals surface area contributed by atoms with Crippen LogP contribution in [0.25, 0.3) is 0 Å². The van der Waals surface area contributed by atoms with Gasteiger partial charge in [-0.2, -0.15) is 0 Å². The summed E-state index contributed by atoms with van der Waals surface area (Å²) in [6.45, 7) is 0.182. The number of rotatable bonds is 5. The first-order chi connectivity index (χ1) is 12.7. The van der Waals surface area contributed by atoms with Crippen LogP contribution in [0.1, 0.15) is 39.2 Å². The van der Waals surface area contributed by atoms with Crippen molar-refractivity contribution in [3.63, 3.8) is 0 Å². The van der Waals surface area contributed by atoms with Gasteiger partial charge < -0.3 is 9.88 Å². The number of carbonyl (C=O) groups is 2. The second kappa shape index (κ2) is 7.25. The van der Waals surface area contributed by atoms with E-state index in [1.807, 2.05) is 30.3 Å². The smallest absolute Gasteiger partial charge is 0.244 e. The molecule has 0 unspecified atom stereocenters. The Morgan fingerprint density at radius 1 is 1.15 bits per heavy atom. The molecular formula is C20H19N3O2S. The Hall–Kier alpha value is -2.73. The van der Waals surface area contributed by atoms with Crippen molar-refractivity contribution in [2.75, 3.05) is 5.32 Å². The highest BCUT2D eigenvalue weighted by Gasteiger charge is 2.26. The van der Waals surface area contributed by atoms with Crippen molar-refractivity contribution in [3.05, 3.63) is 70.6 Å². The van der Waals surface area contributed by atoms with Crippen molar-refractivity contribution >= 4 is 28.0 Å². The molecule has 26 heavy (non-hydrogen) atoms. The highest BCUT2D eigenvalue weighted by atomic mass is 32.1. The summed E-state index contributed by atoms with van der Waals surface area (Å²) in [5.41, 5.74) is 2.45. The minimum absolute atomic E-state index is 0.0112. The molecule has 3 aromatic rings. The molecule has 0 fully saturated rings. The minimum atomic E-state index is -0.149. The lowest BCUT2D eigenvalue weighted by Gasteiger charge is -2.12. The predicted octanol–water partition coefficient (Wildman–Crippen LogP) is 3.69. The maximum absolute atomic E-state index is 13.1. The molecule has 0 bridgehead atoms. The van der Waals surface area contributed by atoms with Crippen molar-refractivity contribution < 1.29 is 9.59 Å². The standard InChI is InChI=1S/C20H19N3O2S/c24-17(12-23-11-10-21-13-23)22-20-18(15-8-4-5-9-16(15)26-20)19(25)14-6-2-1-3-7-14/h1-3,6-7,10-11,13H,4-5,8-9,12H2,(H,22,24). The minimum Gasteiger partial charge on any atom is -0.328 e. The molecule has 1 aliphatic carbocycles. The monoisotopic (exact) mass is 365 g/mol. The molecule has 6 heteroatoms. The maximum Gasteiger partial charge on any atom is 0.244 e. The van der Waals surface area contributed by atoms with Crippen molar-refractivity contribution in [2.24, 2.45) is 0 Å². The zero-order valence-electron chi connectivity index (χ0n) is 14.3. The van der Waals surface area contributed by atoms with Crippen LogP contribution in [0.5, 0.6) is 0 Å². The number of hydrogen-bond donors (Lipinski definition) is 1. The topological polar surface area (TPSA) is 64.0 Å². The van der Waals surface area contributed by atoms with Crippen LogP contribution in [0.15, 0.2) is 49.1 Å². The van der Waals surface area contributed by atoms with Gasteiger partial charge in [0, 0.05) is 22.8 Å². The number of ketones is 1. The van der Waals surface area contributed by atoms with Gasteiger partial charge in [-0.25, -0.2) is 4.98 Å². The van der Waals surface area contributed by atoms with Crippen LogP contribution in [0.2, 0.25) is 0 Å². The third kappa shape index (κ3) is 3.32. The quantitative estimate of drug-likeness (QED) is 0.701. The van der Waals surface area contributed by atoms with Crippen LogP contribution >= 0.6 is 11.3 Å². The van der Waals surface area contributed by atoms with Crippen molar-refractivity contribution in [3.8, 4) is 0 Å². The van der Waals surface area contributed by atoms with E-state index in [-0.39, 0.29) is 18.2 Å². The van der Waals surface area contributed by atoms with Gasteiger partial charge in [-0.1, -0.05) is 30.3 Å². The number of imidazole rings is 1. The van der Waals surface area contributed by atoms with Gasteiger partial charge in [0.05, 0.1) is 11.9 Å². The van der Waals surface area contributed by atoms with E-state index in [2.05, 4.69) is 10.3 Å². The molecule has 1 amide bonds. The zero-order valence-corrected chi connectivity index (χ0v) is 15.1. The molecule has 0 radical (unpaired) electrons. The van der Waals surface area contributed by atoms with Crippen LogP contribution in [0, 0.1) is 0 Å². The number of aromatic nitrogens is 2. The van der Waals surface area contributed by atoms with E-state index in [4.69, 9.17) is 0 Å². The number of thiophene rings is 1. The summed E-state index contributed by atoms with van der Waals surface area (Å²) in [6, 6.07) is 9.28. The Balaban J connectivity index is 1.66. The summed E-state index contributed by atoms with van der Waals surface area (Å²) in [7, 11) is 0. The summed E-state index contributed by atoms with van der Waals surface area (Å²) in [5.74, 6) is -0.161. The molecule has 1 aromatic carbocycles. The maximum atomic E-state index is 13.1. The first kappa shape index (κ1) is 16.7. The highest BCUT2D eigenvalue weighted by Crippen LogP contribution is 2.39. The van der Waals surface area contributed by atoms with E-state index in [0.717, 1.165) is 31.2 Å². The largest absolute Gasteiger partial charge is 0.328 e. The van der Waals surface area contributed by atoms with Gasteiger partial charge in [-0.05, 0) is 31.2 Å². The fourth-order valence-corrected chi connectivity index (χ4v) is 4.64. The molecule has 0 saturated heterocycles. The van der Waals surface area contributed by atoms with Crippen LogP contribution in [-0.4, -0.2) is 21.2 Å². The lowest BCUT2D eigenvalue weighted by molar-refractivity contribution is -0.116. The highest BCUT2D eigenvalue weighted by molar-refractivity contribution is 7.17. The fraction of sp³-hybridized carbons (Fsp3) is 0.250. The van der Waals surface area contributed by atoms with E-state index in [0.29, 0.717) is 16.1 Å². The number of nitrogens with zero attached hydrogens (tertiary/aromatic N) is 2. The first-order valence-corrected chi connectivity index (χ1v) is 9.54. The summed E-state index contributed by atoms with van der Waals surface area (Å²) >= 11 is 1.55. The molecule has 2 aromatic heterocycles. The number of amides is 1. The Bertz CT molecular complexity index is 930. The molecule has 4 rings (SSSR count). The predicted molar refractivity (Wildman–Crippen MR) is 102 cm³/mol. The average Bonchev–Trinajstić information content (AvgIpc) is 3.29. The summed E-state index contributed by atoms with van der Waals surface area (Å²) in [5, 5.41) is 3.64.